The van der Waals surface area contributed by atoms with Crippen molar-refractivity contribution in [1.82, 2.24) is 14.8 Å². The molecule has 0 aliphatic carbocycles. The molecule has 2 aliphatic rings. The number of nitrogens with one attached hydrogen (secondary N) is 1. The number of aromatic nitrogens is 3. The van der Waals surface area contributed by atoms with Gasteiger partial charge in [0.1, 0.15) is 6.54 Å². The minimum absolute atomic E-state index is 0.0124. The van der Waals surface area contributed by atoms with E-state index in [0.29, 0.717) is 30.0 Å². The Morgan fingerprint density at radius 1 is 1.19 bits per heavy atom. The zero-order valence-electron chi connectivity index (χ0n) is 18.1. The molecule has 1 aromatic carbocycles. The number of ether oxygens (including phenoxy) is 1. The van der Waals surface area contributed by atoms with Gasteiger partial charge in [-0.05, 0) is 25.0 Å². The molecule has 10 heteroatoms. The first-order valence-corrected chi connectivity index (χ1v) is 11.4. The summed E-state index contributed by atoms with van der Waals surface area (Å²) in [7, 11) is 0. The second-order valence-corrected chi connectivity index (χ2v) is 9.44. The Balaban J connectivity index is 1.55. The van der Waals surface area contributed by atoms with E-state index >= 15 is 0 Å². The van der Waals surface area contributed by atoms with Gasteiger partial charge in [-0.1, -0.05) is 37.7 Å². The van der Waals surface area contributed by atoms with Gasteiger partial charge in [0, 0.05) is 19.6 Å². The molecular formula is C21H28N6O3S. The molecule has 0 radical (unpaired) electrons. The van der Waals surface area contributed by atoms with Gasteiger partial charge in [-0.3, -0.25) is 19.1 Å². The summed E-state index contributed by atoms with van der Waals surface area (Å²) in [5, 5.41) is 12.0. The third-order valence-electron chi connectivity index (χ3n) is 5.21. The third kappa shape index (κ3) is 4.69. The van der Waals surface area contributed by atoms with Crippen molar-refractivity contribution in [2.75, 3.05) is 48.0 Å². The summed E-state index contributed by atoms with van der Waals surface area (Å²) in [6, 6.07) is 7.36. The van der Waals surface area contributed by atoms with E-state index < -0.39 is 5.25 Å². The molecule has 1 fully saturated rings. The van der Waals surface area contributed by atoms with Crippen LogP contribution < -0.4 is 15.1 Å². The van der Waals surface area contributed by atoms with E-state index in [2.05, 4.69) is 38.8 Å². The van der Waals surface area contributed by atoms with E-state index in [1.807, 2.05) is 25.1 Å². The number of hydrogen-bond donors (Lipinski definition) is 1. The number of amides is 2. The van der Waals surface area contributed by atoms with Gasteiger partial charge in [0.05, 0.1) is 29.8 Å². The Labute approximate surface area is 186 Å². The molecule has 2 aliphatic heterocycles. The van der Waals surface area contributed by atoms with Crippen molar-refractivity contribution < 1.29 is 14.3 Å². The van der Waals surface area contributed by atoms with Crippen molar-refractivity contribution in [2.45, 2.75) is 37.7 Å². The van der Waals surface area contributed by atoms with Crippen LogP contribution >= 0.6 is 11.8 Å². The molecule has 0 spiro atoms. The molecule has 1 N–H and O–H groups in total. The molecule has 1 unspecified atom stereocenters. The van der Waals surface area contributed by atoms with Gasteiger partial charge in [-0.15, -0.1) is 10.2 Å². The molecule has 31 heavy (non-hydrogen) atoms. The lowest BCUT2D eigenvalue weighted by Gasteiger charge is -2.31. The highest BCUT2D eigenvalue weighted by atomic mass is 32.2. The van der Waals surface area contributed by atoms with Gasteiger partial charge >= 0.3 is 0 Å². The zero-order valence-corrected chi connectivity index (χ0v) is 18.9. The second kappa shape index (κ2) is 9.27. The van der Waals surface area contributed by atoms with Crippen LogP contribution in [0.4, 0.5) is 17.3 Å². The van der Waals surface area contributed by atoms with E-state index in [1.54, 1.807) is 11.0 Å². The van der Waals surface area contributed by atoms with Gasteiger partial charge in [0.2, 0.25) is 17.8 Å². The number of hydrogen-bond acceptors (Lipinski definition) is 7. The van der Waals surface area contributed by atoms with Gasteiger partial charge in [0.15, 0.2) is 5.16 Å². The zero-order chi connectivity index (χ0) is 22.0. The van der Waals surface area contributed by atoms with Crippen molar-refractivity contribution in [3.05, 3.63) is 24.3 Å². The van der Waals surface area contributed by atoms with E-state index in [-0.39, 0.29) is 18.4 Å². The first-order valence-electron chi connectivity index (χ1n) is 10.6. The number of benzene rings is 1. The number of thioether (sulfide) groups is 1. The molecule has 4 rings (SSSR count). The molecule has 9 nitrogen and oxygen atoms in total. The van der Waals surface area contributed by atoms with E-state index in [4.69, 9.17) is 4.74 Å². The Morgan fingerprint density at radius 2 is 1.94 bits per heavy atom. The summed E-state index contributed by atoms with van der Waals surface area (Å²) in [6.07, 6.45) is 0. The summed E-state index contributed by atoms with van der Waals surface area (Å²) < 4.78 is 7.56. The number of carbonyl (C=O) groups is 2. The van der Waals surface area contributed by atoms with Crippen molar-refractivity contribution in [3.8, 4) is 0 Å². The van der Waals surface area contributed by atoms with Crippen LogP contribution in [0.2, 0.25) is 0 Å². The van der Waals surface area contributed by atoms with Crippen molar-refractivity contribution in [2.24, 2.45) is 5.92 Å². The van der Waals surface area contributed by atoms with Crippen LogP contribution in [0.3, 0.4) is 0 Å². The quantitative estimate of drug-likeness (QED) is 0.683. The minimum Gasteiger partial charge on any atom is -0.378 e. The largest absolute Gasteiger partial charge is 0.378 e. The third-order valence-corrected chi connectivity index (χ3v) is 6.27. The average molecular weight is 445 g/mol. The van der Waals surface area contributed by atoms with Crippen LogP contribution in [0.25, 0.3) is 0 Å². The molecule has 1 aromatic heterocycles. The van der Waals surface area contributed by atoms with Gasteiger partial charge in [-0.2, -0.15) is 0 Å². The Hall–Kier alpha value is -2.59. The molecular weight excluding hydrogens is 416 g/mol. The molecule has 166 valence electrons. The minimum atomic E-state index is -0.424. The SMILES string of the molecule is CC(C)Cn1c(SC(C)C(=O)N2CC(=O)Nc3ccccc32)nnc1N1CCOCC1. The number of nitrogens with zero attached hydrogens (tertiary/aromatic N) is 5. The fourth-order valence-electron chi connectivity index (χ4n) is 3.75. The smallest absolute Gasteiger partial charge is 0.244 e. The first-order chi connectivity index (χ1) is 14.9. The fraction of sp³-hybridized carbons (Fsp3) is 0.524. The maximum atomic E-state index is 13.3. The number of anilines is 3. The lowest BCUT2D eigenvalue weighted by molar-refractivity contribution is -0.121. The summed E-state index contributed by atoms with van der Waals surface area (Å²) in [6.45, 7) is 9.81. The number of morpholine rings is 1. The topological polar surface area (TPSA) is 92.6 Å². The van der Waals surface area contributed by atoms with Gasteiger partial charge < -0.3 is 15.0 Å². The normalized spacial score (nSPS) is 17.5. The Morgan fingerprint density at radius 3 is 2.68 bits per heavy atom. The molecule has 0 saturated carbocycles. The monoisotopic (exact) mass is 444 g/mol. The summed E-state index contributed by atoms with van der Waals surface area (Å²) in [5.74, 6) is 0.904. The lowest BCUT2D eigenvalue weighted by Crippen LogP contribution is -2.45. The first kappa shape index (κ1) is 21.6. The Kier molecular flexibility index (Phi) is 6.47. The van der Waals surface area contributed by atoms with Crippen LogP contribution in [-0.4, -0.2) is 64.7 Å². The van der Waals surface area contributed by atoms with Crippen molar-refractivity contribution in [3.63, 3.8) is 0 Å². The summed E-state index contributed by atoms with van der Waals surface area (Å²) in [4.78, 5) is 29.1. The van der Waals surface area contributed by atoms with Crippen LogP contribution in [0.5, 0.6) is 0 Å². The van der Waals surface area contributed by atoms with Crippen LogP contribution in [0.15, 0.2) is 29.4 Å². The fourth-order valence-corrected chi connectivity index (χ4v) is 4.66. The predicted molar refractivity (Wildman–Crippen MR) is 121 cm³/mol. The molecule has 1 saturated heterocycles. The number of rotatable bonds is 6. The number of fused-ring (bicyclic) bond motifs is 1. The Bertz CT molecular complexity index is 956. The van der Waals surface area contributed by atoms with E-state index in [0.717, 1.165) is 31.3 Å². The highest BCUT2D eigenvalue weighted by Crippen LogP contribution is 2.33. The standard InChI is InChI=1S/C21H28N6O3S/c1-14(2)12-27-20(25-8-10-30-11-9-25)23-24-21(27)31-15(3)19(29)26-13-18(28)22-16-6-4-5-7-17(16)26/h4-7,14-15H,8-13H2,1-3H3,(H,22,28). The predicted octanol–water partition coefficient (Wildman–Crippen LogP) is 2.24. The van der Waals surface area contributed by atoms with Crippen molar-refractivity contribution in [1.29, 1.82) is 0 Å². The molecule has 3 heterocycles. The number of para-hydroxylation sites is 2. The second-order valence-electron chi connectivity index (χ2n) is 8.14. The van der Waals surface area contributed by atoms with Crippen molar-refractivity contribution >= 4 is 40.9 Å². The van der Waals surface area contributed by atoms with Crippen LogP contribution in [0.1, 0.15) is 20.8 Å². The summed E-state index contributed by atoms with van der Waals surface area (Å²) in [5.41, 5.74) is 1.37. The van der Waals surface area contributed by atoms with Gasteiger partial charge in [0.25, 0.3) is 0 Å². The number of carbonyl (C=O) groups excluding carboxylic acids is 2. The maximum Gasteiger partial charge on any atom is 0.244 e. The van der Waals surface area contributed by atoms with Crippen LogP contribution in [0, 0.1) is 5.92 Å². The highest BCUT2D eigenvalue weighted by molar-refractivity contribution is 8.00. The van der Waals surface area contributed by atoms with E-state index in [1.165, 1.54) is 11.8 Å². The maximum absolute atomic E-state index is 13.3. The molecule has 1 atom stereocenters. The summed E-state index contributed by atoms with van der Waals surface area (Å²) >= 11 is 1.38. The molecule has 0 bridgehead atoms. The lowest BCUT2D eigenvalue weighted by atomic mass is 10.2. The van der Waals surface area contributed by atoms with E-state index in [9.17, 15) is 9.59 Å². The highest BCUT2D eigenvalue weighted by Gasteiger charge is 2.31. The van der Waals surface area contributed by atoms with Crippen LogP contribution in [-0.2, 0) is 20.9 Å². The molecule has 2 aromatic rings. The molecule has 2 amide bonds. The average Bonchev–Trinajstić information content (AvgIpc) is 3.14. The van der Waals surface area contributed by atoms with Gasteiger partial charge in [-0.25, -0.2) is 0 Å².